The summed E-state index contributed by atoms with van der Waals surface area (Å²) in [5, 5.41) is 9.38. The lowest BCUT2D eigenvalue weighted by Gasteiger charge is -2.28. The third-order valence-corrected chi connectivity index (χ3v) is 6.56. The third-order valence-electron chi connectivity index (χ3n) is 4.82. The van der Waals surface area contributed by atoms with Gasteiger partial charge in [0.2, 0.25) is 0 Å². The second kappa shape index (κ2) is 10.6. The van der Waals surface area contributed by atoms with Gasteiger partial charge in [0, 0.05) is 0 Å². The average Bonchev–Trinajstić information content (AvgIpc) is 3.10. The molecule has 0 aliphatic heterocycles. The van der Waals surface area contributed by atoms with Gasteiger partial charge in [-0.15, -0.1) is 24.5 Å². The predicted octanol–water partition coefficient (Wildman–Crippen LogP) is 6.36. The molecule has 0 unspecified atom stereocenters. The number of benzene rings is 1. The van der Waals surface area contributed by atoms with Gasteiger partial charge in [-0.25, -0.2) is 4.98 Å². The van der Waals surface area contributed by atoms with Crippen LogP contribution in [0.4, 0.5) is 0 Å². The number of carbonyl (C=O) groups excluding carboxylic acids is 1. The lowest BCUT2D eigenvalue weighted by Crippen LogP contribution is -2.34. The minimum atomic E-state index is -1.11. The highest BCUT2D eigenvalue weighted by Crippen LogP contribution is 2.39. The molecule has 0 saturated heterocycles. The Morgan fingerprint density at radius 1 is 1.28 bits per heavy atom. The number of fused-ring (bicyclic) bond motifs is 1. The molecule has 1 N–H and O–H groups in total. The van der Waals surface area contributed by atoms with Crippen LogP contribution < -0.4 is 0 Å². The number of allylic oxidation sites excluding steroid dienone is 2. The van der Waals surface area contributed by atoms with E-state index in [1.807, 2.05) is 12.1 Å². The van der Waals surface area contributed by atoms with E-state index < -0.39 is 17.4 Å². The Hall–Kier alpha value is -2.12. The topological polar surface area (TPSA) is 76.5 Å². The molecule has 1 heterocycles. The molecule has 1 aromatic heterocycles. The molecule has 0 aliphatic rings. The van der Waals surface area contributed by atoms with Crippen molar-refractivity contribution in [1.82, 2.24) is 4.98 Å². The summed E-state index contributed by atoms with van der Waals surface area (Å²) in [6, 6.07) is 6.04. The molecule has 7 heteroatoms. The molecule has 0 aliphatic carbocycles. The van der Waals surface area contributed by atoms with E-state index in [-0.39, 0.29) is 6.42 Å². The van der Waals surface area contributed by atoms with E-state index >= 15 is 0 Å². The van der Waals surface area contributed by atoms with Gasteiger partial charge in [0.15, 0.2) is 4.34 Å². The standard InChI is InChI=1S/C22H27NO4S2/c1-5-7-12-22(13-8-6-2,14-18(24)25)20(26)27-29-21-23-19-16(15(3)4)10-9-11-17(19)28-21/h5-6,9-11,15H,1-2,7-8,12-14H2,3-4H3,(H,24,25). The van der Waals surface area contributed by atoms with Crippen LogP contribution >= 0.6 is 23.4 Å². The van der Waals surface area contributed by atoms with Crippen molar-refractivity contribution in [1.29, 1.82) is 0 Å². The SMILES string of the molecule is C=CCCC(CCC=C)(CC(=O)O)C(=O)OSc1nc2c(C(C)C)cccc2s1. The smallest absolute Gasteiger partial charge is 0.325 e. The summed E-state index contributed by atoms with van der Waals surface area (Å²) in [5.74, 6) is -1.22. The van der Waals surface area contributed by atoms with E-state index in [0.717, 1.165) is 27.8 Å². The zero-order valence-corrected chi connectivity index (χ0v) is 18.5. The minimum absolute atomic E-state index is 0.286. The van der Waals surface area contributed by atoms with Crippen LogP contribution in [0.2, 0.25) is 0 Å². The van der Waals surface area contributed by atoms with E-state index in [0.29, 0.717) is 35.9 Å². The van der Waals surface area contributed by atoms with Gasteiger partial charge in [-0.3, -0.25) is 9.59 Å². The molecule has 0 radical (unpaired) electrons. The van der Waals surface area contributed by atoms with Crippen LogP contribution in [0.15, 0.2) is 47.8 Å². The van der Waals surface area contributed by atoms with Crippen LogP contribution in [-0.2, 0) is 13.8 Å². The van der Waals surface area contributed by atoms with Crippen molar-refractivity contribution in [2.24, 2.45) is 5.41 Å². The van der Waals surface area contributed by atoms with Crippen LogP contribution in [0.5, 0.6) is 0 Å². The van der Waals surface area contributed by atoms with Gasteiger partial charge in [-0.1, -0.05) is 38.1 Å². The Balaban J connectivity index is 2.22. The number of carboxylic acid groups (broad SMARTS) is 1. The maximum absolute atomic E-state index is 13.0. The van der Waals surface area contributed by atoms with Gasteiger partial charge >= 0.3 is 11.9 Å². The first-order valence-electron chi connectivity index (χ1n) is 9.55. The third kappa shape index (κ3) is 5.93. The summed E-state index contributed by atoms with van der Waals surface area (Å²) >= 11 is 2.37. The number of aromatic nitrogens is 1. The molecule has 2 rings (SSSR count). The molecule has 0 saturated carbocycles. The second-order valence-electron chi connectivity index (χ2n) is 7.29. The van der Waals surface area contributed by atoms with Crippen molar-refractivity contribution in [3.63, 3.8) is 0 Å². The quantitative estimate of drug-likeness (QED) is 0.310. The fourth-order valence-corrected chi connectivity index (χ4v) is 4.93. The van der Waals surface area contributed by atoms with Gasteiger partial charge in [-0.2, -0.15) is 0 Å². The molecule has 0 atom stereocenters. The minimum Gasteiger partial charge on any atom is -0.481 e. The van der Waals surface area contributed by atoms with E-state index in [1.165, 1.54) is 11.3 Å². The van der Waals surface area contributed by atoms with Gasteiger partial charge in [0.1, 0.15) is 12.0 Å². The Kier molecular flexibility index (Phi) is 8.46. The fourth-order valence-electron chi connectivity index (χ4n) is 3.24. The first kappa shape index (κ1) is 23.2. The van der Waals surface area contributed by atoms with Crippen LogP contribution in [-0.4, -0.2) is 22.0 Å². The monoisotopic (exact) mass is 433 g/mol. The summed E-state index contributed by atoms with van der Waals surface area (Å²) in [6.07, 6.45) is 4.89. The van der Waals surface area contributed by atoms with Crippen LogP contribution in [0.1, 0.15) is 57.4 Å². The van der Waals surface area contributed by atoms with Gasteiger partial charge in [-0.05, 0) is 43.2 Å². The molecule has 29 heavy (non-hydrogen) atoms. The predicted molar refractivity (Wildman–Crippen MR) is 119 cm³/mol. The maximum Gasteiger partial charge on any atom is 0.325 e. The average molecular weight is 434 g/mol. The molecule has 0 spiro atoms. The van der Waals surface area contributed by atoms with E-state index in [4.69, 9.17) is 4.18 Å². The van der Waals surface area contributed by atoms with Crippen molar-refractivity contribution >= 4 is 45.5 Å². The fraction of sp³-hybridized carbons (Fsp3) is 0.409. The van der Waals surface area contributed by atoms with E-state index in [9.17, 15) is 14.7 Å². The Bertz CT molecular complexity index is 876. The lowest BCUT2D eigenvalue weighted by atomic mass is 9.76. The Morgan fingerprint density at radius 2 is 1.93 bits per heavy atom. The van der Waals surface area contributed by atoms with Crippen LogP contribution in [0, 0.1) is 5.41 Å². The molecule has 156 valence electrons. The summed E-state index contributed by atoms with van der Waals surface area (Å²) < 4.78 is 7.17. The largest absolute Gasteiger partial charge is 0.481 e. The van der Waals surface area contributed by atoms with Crippen molar-refractivity contribution in [2.45, 2.75) is 56.2 Å². The first-order chi connectivity index (χ1) is 13.8. The Labute approximate surface area is 180 Å². The zero-order valence-electron chi connectivity index (χ0n) is 16.8. The first-order valence-corrected chi connectivity index (χ1v) is 11.1. The zero-order chi connectivity index (χ0) is 21.4. The molecular weight excluding hydrogens is 406 g/mol. The van der Waals surface area contributed by atoms with Crippen molar-refractivity contribution in [2.75, 3.05) is 0 Å². The van der Waals surface area contributed by atoms with Crippen molar-refractivity contribution < 1.29 is 18.9 Å². The van der Waals surface area contributed by atoms with Crippen LogP contribution in [0.25, 0.3) is 10.2 Å². The van der Waals surface area contributed by atoms with Crippen LogP contribution in [0.3, 0.4) is 0 Å². The maximum atomic E-state index is 13.0. The molecule has 0 fully saturated rings. The van der Waals surface area contributed by atoms with Gasteiger partial charge in [0.05, 0.1) is 22.1 Å². The molecule has 0 amide bonds. The highest BCUT2D eigenvalue weighted by molar-refractivity contribution is 7.97. The summed E-state index contributed by atoms with van der Waals surface area (Å²) in [7, 11) is 0. The number of carbonyl (C=O) groups is 2. The summed E-state index contributed by atoms with van der Waals surface area (Å²) in [5.41, 5.74) is 0.955. The van der Waals surface area contributed by atoms with E-state index in [2.05, 4.69) is 38.1 Å². The number of para-hydroxylation sites is 1. The normalized spacial score (nSPS) is 11.6. The number of nitrogens with zero attached hydrogens (tertiary/aromatic N) is 1. The number of aliphatic carboxylic acids is 1. The number of hydrogen-bond donors (Lipinski definition) is 1. The van der Waals surface area contributed by atoms with E-state index in [1.54, 1.807) is 12.2 Å². The molecule has 5 nitrogen and oxygen atoms in total. The lowest BCUT2D eigenvalue weighted by molar-refractivity contribution is -0.153. The van der Waals surface area contributed by atoms with Crippen molar-refractivity contribution in [3.05, 3.63) is 49.1 Å². The Morgan fingerprint density at radius 3 is 2.48 bits per heavy atom. The summed E-state index contributed by atoms with van der Waals surface area (Å²) in [4.78, 5) is 29.1. The van der Waals surface area contributed by atoms with Crippen molar-refractivity contribution in [3.8, 4) is 0 Å². The number of rotatable bonds is 12. The van der Waals surface area contributed by atoms with Gasteiger partial charge < -0.3 is 9.29 Å². The molecular formula is C22H27NO4S2. The number of hydrogen-bond acceptors (Lipinski definition) is 6. The molecule has 0 bridgehead atoms. The number of thiazole rings is 1. The summed E-state index contributed by atoms with van der Waals surface area (Å²) in [6.45, 7) is 11.6. The number of carboxylic acids is 1. The molecule has 1 aromatic carbocycles. The van der Waals surface area contributed by atoms with Gasteiger partial charge in [0.25, 0.3) is 0 Å². The molecule has 2 aromatic rings. The highest BCUT2D eigenvalue weighted by atomic mass is 32.2. The highest BCUT2D eigenvalue weighted by Gasteiger charge is 2.41. The second-order valence-corrected chi connectivity index (χ2v) is 9.30.